The molecule has 0 bridgehead atoms. The predicted octanol–water partition coefficient (Wildman–Crippen LogP) is 2.41. The van der Waals surface area contributed by atoms with E-state index in [1.54, 1.807) is 0 Å². The first kappa shape index (κ1) is 17.2. The van der Waals surface area contributed by atoms with Crippen LogP contribution in [0.4, 0.5) is 8.78 Å². The summed E-state index contributed by atoms with van der Waals surface area (Å²) < 4.78 is 43.8. The molecule has 1 rings (SSSR count). The van der Waals surface area contributed by atoms with Crippen molar-refractivity contribution in [1.82, 2.24) is 0 Å². The molecule has 0 aromatic carbocycles. The van der Waals surface area contributed by atoms with Crippen molar-refractivity contribution in [3.63, 3.8) is 0 Å². The van der Waals surface area contributed by atoms with Crippen molar-refractivity contribution in [2.45, 2.75) is 63.7 Å². The van der Waals surface area contributed by atoms with Crippen LogP contribution in [0.3, 0.4) is 0 Å². The van der Waals surface area contributed by atoms with Gasteiger partial charge in [-0.3, -0.25) is 0 Å². The van der Waals surface area contributed by atoms with Gasteiger partial charge in [-0.25, -0.2) is 0 Å². The van der Waals surface area contributed by atoms with Gasteiger partial charge in [0.15, 0.2) is 16.6 Å². The van der Waals surface area contributed by atoms with Gasteiger partial charge < -0.3 is 18.7 Å². The molecule has 1 saturated heterocycles. The van der Waals surface area contributed by atoms with Crippen LogP contribution in [-0.2, 0) is 13.6 Å². The molecule has 0 amide bonds. The smallest absolute Gasteiger partial charge is 0.324 e. The maximum atomic E-state index is 13.9. The van der Waals surface area contributed by atoms with E-state index in [0.29, 0.717) is 0 Å². The molecule has 0 radical (unpaired) electrons. The minimum atomic E-state index is -3.40. The number of alkyl halides is 2. The van der Waals surface area contributed by atoms with Crippen LogP contribution in [0.2, 0.25) is 39.3 Å². The Balaban J connectivity index is 2.78. The Labute approximate surface area is 115 Å². The minimum absolute atomic E-state index is 0.0253. The van der Waals surface area contributed by atoms with E-state index in [2.05, 4.69) is 0 Å². The number of hydrogen-bond donors (Lipinski definition) is 1. The van der Waals surface area contributed by atoms with Gasteiger partial charge in [0.1, 0.15) is 12.2 Å². The van der Waals surface area contributed by atoms with Gasteiger partial charge in [0.25, 0.3) is 0 Å². The first-order valence-electron chi connectivity index (χ1n) is 6.36. The fraction of sp³-hybridized carbons (Fsp3) is 1.00. The summed E-state index contributed by atoms with van der Waals surface area (Å²) in [5, 5.41) is 9.34. The number of hydrogen-bond acceptors (Lipinski definition) is 4. The van der Waals surface area contributed by atoms with E-state index in [0.717, 1.165) is 0 Å². The average Bonchev–Trinajstić information content (AvgIpc) is 2.36. The van der Waals surface area contributed by atoms with Gasteiger partial charge in [-0.05, 0) is 39.3 Å². The second kappa shape index (κ2) is 5.49. The molecule has 0 saturated carbocycles. The predicted molar refractivity (Wildman–Crippen MR) is 73.3 cm³/mol. The highest BCUT2D eigenvalue weighted by Gasteiger charge is 2.60. The largest absolute Gasteiger partial charge is 0.415 e. The summed E-state index contributed by atoms with van der Waals surface area (Å²) in [6.07, 6.45) is -4.49. The van der Waals surface area contributed by atoms with Crippen LogP contribution in [0.25, 0.3) is 0 Å². The number of aliphatic hydroxyl groups is 1. The molecule has 0 aliphatic carbocycles. The van der Waals surface area contributed by atoms with Gasteiger partial charge in [0.05, 0.1) is 6.61 Å². The topological polar surface area (TPSA) is 47.9 Å². The van der Waals surface area contributed by atoms with E-state index in [-0.39, 0.29) is 6.61 Å². The molecular weight excluding hydrogens is 290 g/mol. The number of aliphatic hydroxyl groups excluding tert-OH is 1. The molecule has 1 heterocycles. The second-order valence-electron chi connectivity index (χ2n) is 6.78. The molecule has 0 aromatic rings. The molecule has 8 heteroatoms. The molecule has 1 N–H and O–H groups in total. The molecule has 0 aromatic heterocycles. The molecule has 1 aliphatic rings. The van der Waals surface area contributed by atoms with Crippen LogP contribution in [-0.4, -0.2) is 52.8 Å². The third kappa shape index (κ3) is 4.87. The minimum Gasteiger partial charge on any atom is -0.415 e. The van der Waals surface area contributed by atoms with Crippen molar-refractivity contribution in [3.8, 4) is 0 Å². The van der Waals surface area contributed by atoms with Gasteiger partial charge in [0, 0.05) is 0 Å². The maximum absolute atomic E-state index is 13.9. The molecule has 4 nitrogen and oxygen atoms in total. The van der Waals surface area contributed by atoms with Crippen molar-refractivity contribution in [3.05, 3.63) is 0 Å². The van der Waals surface area contributed by atoms with Crippen molar-refractivity contribution < 1.29 is 27.5 Å². The lowest BCUT2D eigenvalue weighted by Gasteiger charge is -2.30. The summed E-state index contributed by atoms with van der Waals surface area (Å²) in [5.41, 5.74) is 0. The zero-order valence-electron chi connectivity index (χ0n) is 12.4. The Morgan fingerprint density at radius 3 is 2.05 bits per heavy atom. The molecule has 1 fully saturated rings. The summed E-state index contributed by atoms with van der Waals surface area (Å²) in [6.45, 7) is 11.4. The standard InChI is InChI=1S/C11H24F2O4Si2/c1-18(2,3)15-7-8-9(17-19(4,5)6)11(12,13)10(14)16-8/h8-10,14H,7H2,1-6H3/t8-,9-,10?/m1/s1. The van der Waals surface area contributed by atoms with Crippen LogP contribution >= 0.6 is 0 Å². The van der Waals surface area contributed by atoms with E-state index in [1.807, 2.05) is 39.3 Å². The van der Waals surface area contributed by atoms with E-state index >= 15 is 0 Å². The van der Waals surface area contributed by atoms with Gasteiger partial charge in [-0.15, -0.1) is 0 Å². The fourth-order valence-electron chi connectivity index (χ4n) is 1.71. The zero-order valence-corrected chi connectivity index (χ0v) is 14.4. The Morgan fingerprint density at radius 2 is 1.63 bits per heavy atom. The summed E-state index contributed by atoms with van der Waals surface area (Å²) in [5.74, 6) is -3.40. The molecule has 1 aliphatic heterocycles. The summed E-state index contributed by atoms with van der Waals surface area (Å²) in [4.78, 5) is 0. The molecule has 3 atom stereocenters. The van der Waals surface area contributed by atoms with Crippen molar-refractivity contribution in [1.29, 1.82) is 0 Å². The van der Waals surface area contributed by atoms with Gasteiger partial charge in [-0.1, -0.05) is 0 Å². The SMILES string of the molecule is C[Si](C)(C)OC[C@H]1OC(O)C(F)(F)[C@@H]1O[Si](C)(C)C. The first-order chi connectivity index (χ1) is 8.33. The van der Waals surface area contributed by atoms with Crippen molar-refractivity contribution >= 4 is 16.6 Å². The summed E-state index contributed by atoms with van der Waals surface area (Å²) in [7, 11) is -4.00. The lowest BCUT2D eigenvalue weighted by atomic mass is 10.1. The molecular formula is C11H24F2O4Si2. The lowest BCUT2D eigenvalue weighted by Crippen LogP contribution is -2.48. The van der Waals surface area contributed by atoms with E-state index < -0.39 is 41.1 Å². The van der Waals surface area contributed by atoms with Gasteiger partial charge in [-0.2, -0.15) is 8.78 Å². The number of rotatable bonds is 5. The fourth-order valence-corrected chi connectivity index (χ4v) is 3.45. The second-order valence-corrected chi connectivity index (χ2v) is 15.7. The number of ether oxygens (including phenoxy) is 1. The van der Waals surface area contributed by atoms with Crippen LogP contribution in [0.15, 0.2) is 0 Å². The quantitative estimate of drug-likeness (QED) is 0.792. The van der Waals surface area contributed by atoms with Crippen LogP contribution < -0.4 is 0 Å². The Bertz CT molecular complexity index is 315. The third-order valence-corrected chi connectivity index (χ3v) is 4.50. The lowest BCUT2D eigenvalue weighted by molar-refractivity contribution is -0.197. The highest BCUT2D eigenvalue weighted by atomic mass is 28.4. The van der Waals surface area contributed by atoms with Crippen molar-refractivity contribution in [2.75, 3.05) is 6.61 Å². The van der Waals surface area contributed by atoms with E-state index in [9.17, 15) is 13.9 Å². The maximum Gasteiger partial charge on any atom is 0.324 e. The highest BCUT2D eigenvalue weighted by molar-refractivity contribution is 6.70. The molecule has 1 unspecified atom stereocenters. The number of halogens is 2. The molecule has 0 spiro atoms. The highest BCUT2D eigenvalue weighted by Crippen LogP contribution is 2.38. The Hall–Kier alpha value is 0.134. The van der Waals surface area contributed by atoms with Gasteiger partial charge in [0.2, 0.25) is 6.29 Å². The monoisotopic (exact) mass is 314 g/mol. The normalized spacial score (nSPS) is 31.7. The van der Waals surface area contributed by atoms with E-state index in [1.165, 1.54) is 0 Å². The third-order valence-electron chi connectivity index (χ3n) is 2.51. The van der Waals surface area contributed by atoms with Crippen molar-refractivity contribution in [2.24, 2.45) is 0 Å². The molecule has 114 valence electrons. The first-order valence-corrected chi connectivity index (χ1v) is 13.2. The van der Waals surface area contributed by atoms with Gasteiger partial charge >= 0.3 is 5.92 Å². The Morgan fingerprint density at radius 1 is 1.11 bits per heavy atom. The van der Waals surface area contributed by atoms with Crippen LogP contribution in [0.5, 0.6) is 0 Å². The average molecular weight is 314 g/mol. The zero-order chi connectivity index (χ0) is 15.1. The summed E-state index contributed by atoms with van der Waals surface area (Å²) in [6, 6.07) is 0. The molecule has 19 heavy (non-hydrogen) atoms. The van der Waals surface area contributed by atoms with E-state index in [4.69, 9.17) is 13.6 Å². The Kier molecular flexibility index (Phi) is 4.97. The summed E-state index contributed by atoms with van der Waals surface area (Å²) >= 11 is 0. The van der Waals surface area contributed by atoms with Crippen LogP contribution in [0.1, 0.15) is 0 Å². The van der Waals surface area contributed by atoms with Crippen LogP contribution in [0, 0.1) is 0 Å².